The molecule has 18 heavy (non-hydrogen) atoms. The van der Waals surface area contributed by atoms with Crippen molar-refractivity contribution >= 4 is 0 Å². The van der Waals surface area contributed by atoms with Crippen molar-refractivity contribution in [2.75, 3.05) is 6.61 Å². The molecule has 1 aromatic heterocycles. The molecule has 0 amide bonds. The van der Waals surface area contributed by atoms with Crippen LogP contribution in [0.25, 0.3) is 11.3 Å². The normalized spacial score (nSPS) is 12.4. The van der Waals surface area contributed by atoms with E-state index in [9.17, 15) is 0 Å². The number of aliphatic hydroxyl groups excluding tert-OH is 1. The Hall–Kier alpha value is -1.78. The molecule has 1 unspecified atom stereocenters. The minimum atomic E-state index is -0.532. The largest absolute Gasteiger partial charge is 0.394 e. The van der Waals surface area contributed by atoms with Gasteiger partial charge >= 0.3 is 0 Å². The zero-order valence-electron chi connectivity index (χ0n) is 10.6. The Kier molecular flexibility index (Phi) is 3.69. The van der Waals surface area contributed by atoms with E-state index in [0.29, 0.717) is 5.82 Å². The van der Waals surface area contributed by atoms with Gasteiger partial charge in [0.2, 0.25) is 0 Å². The van der Waals surface area contributed by atoms with Crippen LogP contribution in [-0.2, 0) is 0 Å². The lowest BCUT2D eigenvalue weighted by Crippen LogP contribution is -2.17. The number of benzene rings is 1. The molecular weight excluding hydrogens is 226 g/mol. The Labute approximate surface area is 107 Å². The first-order valence-electron chi connectivity index (χ1n) is 5.89. The van der Waals surface area contributed by atoms with Gasteiger partial charge in [0.05, 0.1) is 18.3 Å². The van der Waals surface area contributed by atoms with Gasteiger partial charge < -0.3 is 10.8 Å². The third-order valence-corrected chi connectivity index (χ3v) is 2.87. The van der Waals surface area contributed by atoms with Crippen LogP contribution in [0.3, 0.4) is 0 Å². The third kappa shape index (κ3) is 2.55. The molecule has 0 saturated carbocycles. The van der Waals surface area contributed by atoms with E-state index in [4.69, 9.17) is 10.8 Å². The van der Waals surface area contributed by atoms with Gasteiger partial charge in [0.15, 0.2) is 0 Å². The third-order valence-electron chi connectivity index (χ3n) is 2.87. The van der Waals surface area contributed by atoms with E-state index in [1.807, 2.05) is 19.9 Å². The summed E-state index contributed by atoms with van der Waals surface area (Å²) in [6.45, 7) is 3.93. The number of aryl methyl sites for hydroxylation is 2. The summed E-state index contributed by atoms with van der Waals surface area (Å²) < 4.78 is 0. The molecule has 0 spiro atoms. The maximum Gasteiger partial charge on any atom is 0.147 e. The molecule has 1 heterocycles. The maximum absolute atomic E-state index is 9.04. The van der Waals surface area contributed by atoms with Crippen molar-refractivity contribution in [1.82, 2.24) is 9.97 Å². The lowest BCUT2D eigenvalue weighted by atomic mass is 10.0. The van der Waals surface area contributed by atoms with E-state index in [0.717, 1.165) is 16.8 Å². The molecule has 0 saturated heterocycles. The van der Waals surface area contributed by atoms with Crippen LogP contribution in [0, 0.1) is 13.8 Å². The van der Waals surface area contributed by atoms with Crippen LogP contribution in [0.15, 0.2) is 30.5 Å². The predicted octanol–water partition coefficient (Wildman–Crippen LogP) is 1.75. The SMILES string of the molecule is Cc1ccc(C)c(-c2ccnc(C(N)CO)n2)c1. The first-order chi connectivity index (χ1) is 8.61. The number of hydrogen-bond donors (Lipinski definition) is 2. The Morgan fingerprint density at radius 1 is 1.28 bits per heavy atom. The molecule has 4 nitrogen and oxygen atoms in total. The second kappa shape index (κ2) is 5.25. The van der Waals surface area contributed by atoms with Crippen LogP contribution in [0.5, 0.6) is 0 Å². The van der Waals surface area contributed by atoms with Crippen molar-refractivity contribution in [1.29, 1.82) is 0 Å². The average molecular weight is 243 g/mol. The molecule has 0 aliphatic rings. The summed E-state index contributed by atoms with van der Waals surface area (Å²) in [6.07, 6.45) is 1.68. The topological polar surface area (TPSA) is 72.0 Å². The summed E-state index contributed by atoms with van der Waals surface area (Å²) in [4.78, 5) is 8.51. The van der Waals surface area contributed by atoms with Crippen LogP contribution >= 0.6 is 0 Å². The molecule has 0 radical (unpaired) electrons. The van der Waals surface area contributed by atoms with Crippen molar-refractivity contribution in [2.45, 2.75) is 19.9 Å². The highest BCUT2D eigenvalue weighted by atomic mass is 16.3. The molecule has 1 atom stereocenters. The molecule has 0 bridgehead atoms. The number of nitrogens with two attached hydrogens (primary N) is 1. The minimum Gasteiger partial charge on any atom is -0.394 e. The number of hydrogen-bond acceptors (Lipinski definition) is 4. The predicted molar refractivity (Wildman–Crippen MR) is 71.0 cm³/mol. The van der Waals surface area contributed by atoms with Gasteiger partial charge in [0.1, 0.15) is 5.82 Å². The summed E-state index contributed by atoms with van der Waals surface area (Å²) in [5, 5.41) is 9.04. The van der Waals surface area contributed by atoms with Crippen LogP contribution in [0.2, 0.25) is 0 Å². The fourth-order valence-electron chi connectivity index (χ4n) is 1.80. The van der Waals surface area contributed by atoms with Gasteiger partial charge in [-0.15, -0.1) is 0 Å². The van der Waals surface area contributed by atoms with Gasteiger partial charge in [-0.2, -0.15) is 0 Å². The summed E-state index contributed by atoms with van der Waals surface area (Å²) in [6, 6.07) is 7.55. The van der Waals surface area contributed by atoms with Crippen molar-refractivity contribution in [2.24, 2.45) is 5.73 Å². The fourth-order valence-corrected chi connectivity index (χ4v) is 1.80. The Morgan fingerprint density at radius 3 is 2.78 bits per heavy atom. The van der Waals surface area contributed by atoms with E-state index >= 15 is 0 Å². The summed E-state index contributed by atoms with van der Waals surface area (Å²) in [5.74, 6) is 0.468. The summed E-state index contributed by atoms with van der Waals surface area (Å²) in [5.41, 5.74) is 9.98. The number of aromatic nitrogens is 2. The van der Waals surface area contributed by atoms with E-state index in [1.54, 1.807) is 6.20 Å². The molecule has 4 heteroatoms. The summed E-state index contributed by atoms with van der Waals surface area (Å²) >= 11 is 0. The van der Waals surface area contributed by atoms with Gasteiger partial charge in [-0.25, -0.2) is 9.97 Å². The van der Waals surface area contributed by atoms with Crippen LogP contribution in [-0.4, -0.2) is 21.7 Å². The van der Waals surface area contributed by atoms with Crippen molar-refractivity contribution < 1.29 is 5.11 Å². The number of nitrogens with zero attached hydrogens (tertiary/aromatic N) is 2. The highest BCUT2D eigenvalue weighted by Crippen LogP contribution is 2.23. The van der Waals surface area contributed by atoms with E-state index in [-0.39, 0.29) is 6.61 Å². The highest BCUT2D eigenvalue weighted by Gasteiger charge is 2.10. The molecule has 0 aliphatic heterocycles. The van der Waals surface area contributed by atoms with E-state index in [2.05, 4.69) is 28.2 Å². The second-order valence-corrected chi connectivity index (χ2v) is 4.41. The Balaban J connectivity index is 2.47. The quantitative estimate of drug-likeness (QED) is 0.861. The first kappa shape index (κ1) is 12.7. The van der Waals surface area contributed by atoms with E-state index in [1.165, 1.54) is 5.56 Å². The molecule has 94 valence electrons. The van der Waals surface area contributed by atoms with Crippen molar-refractivity contribution in [3.05, 3.63) is 47.4 Å². The highest BCUT2D eigenvalue weighted by molar-refractivity contribution is 5.64. The van der Waals surface area contributed by atoms with Crippen LogP contribution in [0.4, 0.5) is 0 Å². The molecule has 1 aromatic carbocycles. The zero-order valence-corrected chi connectivity index (χ0v) is 10.6. The first-order valence-corrected chi connectivity index (χ1v) is 5.89. The van der Waals surface area contributed by atoms with Gasteiger partial charge in [0, 0.05) is 11.8 Å². The minimum absolute atomic E-state index is 0.156. The molecular formula is C14H17N3O. The zero-order chi connectivity index (χ0) is 13.1. The van der Waals surface area contributed by atoms with Gasteiger partial charge in [-0.1, -0.05) is 17.7 Å². The number of rotatable bonds is 3. The standard InChI is InChI=1S/C14H17N3O/c1-9-3-4-10(2)11(7-9)13-5-6-16-14(17-13)12(15)8-18/h3-7,12,18H,8,15H2,1-2H3. The fraction of sp³-hybridized carbons (Fsp3) is 0.286. The second-order valence-electron chi connectivity index (χ2n) is 4.41. The van der Waals surface area contributed by atoms with Gasteiger partial charge in [-0.3, -0.25) is 0 Å². The van der Waals surface area contributed by atoms with Crippen molar-refractivity contribution in [3.8, 4) is 11.3 Å². The molecule has 2 rings (SSSR count). The van der Waals surface area contributed by atoms with Gasteiger partial charge in [0.25, 0.3) is 0 Å². The Bertz CT molecular complexity index is 554. The van der Waals surface area contributed by atoms with Gasteiger partial charge in [-0.05, 0) is 31.5 Å². The molecule has 2 aromatic rings. The number of aliphatic hydroxyl groups is 1. The maximum atomic E-state index is 9.04. The average Bonchev–Trinajstić information content (AvgIpc) is 2.40. The molecule has 0 aliphatic carbocycles. The lowest BCUT2D eigenvalue weighted by molar-refractivity contribution is 0.263. The Morgan fingerprint density at radius 2 is 2.06 bits per heavy atom. The monoisotopic (exact) mass is 243 g/mol. The van der Waals surface area contributed by atoms with Crippen molar-refractivity contribution in [3.63, 3.8) is 0 Å². The van der Waals surface area contributed by atoms with Crippen LogP contribution in [0.1, 0.15) is 23.0 Å². The molecule has 3 N–H and O–H groups in total. The molecule has 0 fully saturated rings. The smallest absolute Gasteiger partial charge is 0.147 e. The lowest BCUT2D eigenvalue weighted by Gasteiger charge is -2.10. The summed E-state index contributed by atoms with van der Waals surface area (Å²) in [7, 11) is 0. The van der Waals surface area contributed by atoms with Crippen LogP contribution < -0.4 is 5.73 Å². The van der Waals surface area contributed by atoms with E-state index < -0.39 is 6.04 Å².